The molecule has 2 rings (SSSR count). The van der Waals surface area contributed by atoms with Crippen molar-refractivity contribution in [2.24, 2.45) is 9.75 Å². The van der Waals surface area contributed by atoms with E-state index in [2.05, 4.69) is 19.1 Å². The van der Waals surface area contributed by atoms with E-state index in [0.717, 1.165) is 12.1 Å². The Bertz CT molecular complexity index is 1040. The maximum Gasteiger partial charge on any atom is 0.295 e. The summed E-state index contributed by atoms with van der Waals surface area (Å²) < 4.78 is 40.0. The smallest absolute Gasteiger partial charge is 0.282 e. The van der Waals surface area contributed by atoms with Crippen LogP contribution in [0.2, 0.25) is 0 Å². The van der Waals surface area contributed by atoms with E-state index in [1.54, 1.807) is 6.07 Å². The summed E-state index contributed by atoms with van der Waals surface area (Å²) in [4.78, 5) is 9.80. The lowest BCUT2D eigenvalue weighted by atomic mass is 10.1. The van der Waals surface area contributed by atoms with E-state index in [9.17, 15) is 23.1 Å². The fourth-order valence-corrected chi connectivity index (χ4v) is 3.36. The first kappa shape index (κ1) is 21.9. The van der Waals surface area contributed by atoms with Gasteiger partial charge >= 0.3 is 0 Å². The van der Waals surface area contributed by atoms with E-state index in [-0.39, 0.29) is 5.56 Å². The molecule has 0 spiro atoms. The van der Waals surface area contributed by atoms with Gasteiger partial charge in [0.15, 0.2) is 0 Å². The molecule has 0 radical (unpaired) electrons. The molecule has 0 fully saturated rings. The highest BCUT2D eigenvalue weighted by atomic mass is 35.5. The molecule has 0 heterocycles. The van der Waals surface area contributed by atoms with Crippen LogP contribution in [0.4, 0.5) is 11.4 Å². The maximum absolute atomic E-state index is 11.6. The average molecular weight is 448 g/mol. The van der Waals surface area contributed by atoms with Crippen LogP contribution >= 0.6 is 23.8 Å². The molecule has 0 aliphatic rings. The third kappa shape index (κ3) is 5.80. The van der Waals surface area contributed by atoms with Gasteiger partial charge in [0.25, 0.3) is 15.8 Å². The number of benzene rings is 2. The van der Waals surface area contributed by atoms with Gasteiger partial charge in [-0.15, -0.1) is 9.45 Å². The Morgan fingerprint density at radius 3 is 2.46 bits per heavy atom. The first-order chi connectivity index (χ1) is 13.3. The normalized spacial score (nSPS) is 12.1. The van der Waals surface area contributed by atoms with Crippen LogP contribution < -0.4 is 0 Å². The van der Waals surface area contributed by atoms with Crippen molar-refractivity contribution in [3.05, 3.63) is 57.6 Å². The molecule has 0 bridgehead atoms. The number of nitrogens with zero attached hydrogens (tertiary/aromatic N) is 3. The van der Waals surface area contributed by atoms with E-state index in [1.165, 1.54) is 30.4 Å². The van der Waals surface area contributed by atoms with Crippen LogP contribution in [-0.2, 0) is 19.5 Å². The second kappa shape index (κ2) is 9.70. The summed E-state index contributed by atoms with van der Waals surface area (Å²) in [5, 5.41) is 26.3. The van der Waals surface area contributed by atoms with E-state index in [0.29, 0.717) is 28.2 Å². The molecule has 2 aromatic carbocycles. The van der Waals surface area contributed by atoms with Crippen LogP contribution in [0.25, 0.3) is 12.2 Å². The molecule has 14 heteroatoms. The predicted octanol–water partition coefficient (Wildman–Crippen LogP) is 4.68. The van der Waals surface area contributed by atoms with Crippen LogP contribution in [0.15, 0.2) is 55.9 Å². The summed E-state index contributed by atoms with van der Waals surface area (Å²) in [5.41, 5.74) is 0.332. The van der Waals surface area contributed by atoms with Crippen LogP contribution in [0.3, 0.4) is 0 Å². The first-order valence-corrected chi connectivity index (χ1v) is 9.53. The quantitative estimate of drug-likeness (QED) is 0.111. The number of non-ortho nitro benzene ring substituents is 1. The summed E-state index contributed by atoms with van der Waals surface area (Å²) in [6.45, 7) is 0. The number of halogens is 1. The van der Waals surface area contributed by atoms with Gasteiger partial charge in [-0.2, -0.15) is 8.42 Å². The Labute approximate surface area is 167 Å². The fraction of sp³-hybridized carbons (Fsp3) is 0. The van der Waals surface area contributed by atoms with Crippen molar-refractivity contribution in [1.29, 1.82) is 0 Å². The minimum Gasteiger partial charge on any atom is -0.282 e. The van der Waals surface area contributed by atoms with Gasteiger partial charge in [-0.05, 0) is 29.3 Å². The highest BCUT2D eigenvalue weighted by Gasteiger charge is 2.19. The van der Waals surface area contributed by atoms with Crippen molar-refractivity contribution in [2.45, 2.75) is 9.79 Å². The molecule has 2 N–H and O–H groups in total. The first-order valence-electron chi connectivity index (χ1n) is 7.01. The predicted molar refractivity (Wildman–Crippen MR) is 99.3 cm³/mol. The Balaban J connectivity index is 2.49. The SMILES string of the molecule is O=[N+]([O-])c1ccc(C=Cc2ccc(N=NCl)cc2SOOO)c(S(=O)(=O)O)c1. The molecule has 0 aliphatic heterocycles. The highest BCUT2D eigenvalue weighted by Crippen LogP contribution is 2.31. The standard InChI is InChI=1S/C14H10ClN3O8S2/c15-17-16-11-5-3-9(13(7-11)27-26-25-21)1-2-10-4-6-12(18(19)20)8-14(10)28(22,23)24/h1-8,21H,(H,22,23,24). The summed E-state index contributed by atoms with van der Waals surface area (Å²) in [7, 11) is -4.71. The molecule has 0 amide bonds. The fourth-order valence-electron chi connectivity index (χ4n) is 2.07. The second-order valence-corrected chi connectivity index (χ2v) is 7.19. The van der Waals surface area contributed by atoms with Gasteiger partial charge in [0.1, 0.15) is 4.90 Å². The Morgan fingerprint density at radius 1 is 1.18 bits per heavy atom. The van der Waals surface area contributed by atoms with Gasteiger partial charge in [0, 0.05) is 17.0 Å². The summed E-state index contributed by atoms with van der Waals surface area (Å²) in [6.07, 6.45) is 2.76. The maximum atomic E-state index is 11.6. The number of hydrogen-bond acceptors (Lipinski definition) is 10. The minimum absolute atomic E-state index is 0.00731. The van der Waals surface area contributed by atoms with Gasteiger partial charge in [-0.25, -0.2) is 5.26 Å². The number of nitro benzene ring substituents is 1. The highest BCUT2D eigenvalue weighted by molar-refractivity contribution is 7.94. The van der Waals surface area contributed by atoms with Gasteiger partial charge < -0.3 is 0 Å². The molecule has 0 atom stereocenters. The lowest BCUT2D eigenvalue weighted by Gasteiger charge is -2.06. The average Bonchev–Trinajstić information content (AvgIpc) is 2.64. The van der Waals surface area contributed by atoms with Gasteiger partial charge in [-0.1, -0.05) is 27.9 Å². The third-order valence-electron chi connectivity index (χ3n) is 3.23. The van der Waals surface area contributed by atoms with E-state index in [4.69, 9.17) is 17.0 Å². The topological polar surface area (TPSA) is 161 Å². The monoisotopic (exact) mass is 447 g/mol. The lowest BCUT2D eigenvalue weighted by Crippen LogP contribution is -2.02. The third-order valence-corrected chi connectivity index (χ3v) is 4.88. The Kier molecular flexibility index (Phi) is 7.59. The van der Waals surface area contributed by atoms with Gasteiger partial charge in [0.2, 0.25) is 0 Å². The Morgan fingerprint density at radius 2 is 1.86 bits per heavy atom. The van der Waals surface area contributed by atoms with Crippen LogP contribution in [-0.4, -0.2) is 23.2 Å². The van der Waals surface area contributed by atoms with Crippen molar-refractivity contribution in [2.75, 3.05) is 0 Å². The molecule has 0 saturated carbocycles. The lowest BCUT2D eigenvalue weighted by molar-refractivity contribution is -0.432. The molecule has 11 nitrogen and oxygen atoms in total. The molecule has 2 aromatic rings. The molecular formula is C14H10ClN3O8S2. The molecule has 0 aliphatic carbocycles. The molecule has 0 unspecified atom stereocenters. The summed E-state index contributed by atoms with van der Waals surface area (Å²) >= 11 is 5.80. The minimum atomic E-state index is -4.71. The molecule has 0 aromatic heterocycles. The zero-order valence-electron chi connectivity index (χ0n) is 13.5. The number of hydrogen-bond donors (Lipinski definition) is 2. The van der Waals surface area contributed by atoms with Gasteiger partial charge in [-0.3, -0.25) is 14.7 Å². The van der Waals surface area contributed by atoms with E-state index in [1.807, 2.05) is 0 Å². The second-order valence-electron chi connectivity index (χ2n) is 4.91. The molecule has 0 saturated heterocycles. The van der Waals surface area contributed by atoms with E-state index >= 15 is 0 Å². The van der Waals surface area contributed by atoms with Crippen molar-refractivity contribution in [3.63, 3.8) is 0 Å². The molecular weight excluding hydrogens is 438 g/mol. The Hall–Kier alpha value is -2.39. The van der Waals surface area contributed by atoms with Gasteiger partial charge in [0.05, 0.1) is 34.4 Å². The summed E-state index contributed by atoms with van der Waals surface area (Å²) in [6, 6.07) is 7.59. The van der Waals surface area contributed by atoms with Crippen LogP contribution in [0.1, 0.15) is 11.1 Å². The van der Waals surface area contributed by atoms with Crippen LogP contribution in [0.5, 0.6) is 0 Å². The van der Waals surface area contributed by atoms with Crippen molar-refractivity contribution < 1.29 is 32.5 Å². The zero-order valence-corrected chi connectivity index (χ0v) is 15.9. The van der Waals surface area contributed by atoms with Crippen LogP contribution in [0, 0.1) is 10.1 Å². The summed E-state index contributed by atoms with van der Waals surface area (Å²) in [5.74, 6) is 0. The van der Waals surface area contributed by atoms with Crippen molar-refractivity contribution >= 4 is 57.5 Å². The van der Waals surface area contributed by atoms with E-state index < -0.39 is 25.6 Å². The zero-order chi connectivity index (χ0) is 20.7. The molecule has 28 heavy (non-hydrogen) atoms. The van der Waals surface area contributed by atoms with Crippen molar-refractivity contribution in [1.82, 2.24) is 0 Å². The number of rotatable bonds is 8. The largest absolute Gasteiger partial charge is 0.295 e. The number of nitro groups is 1. The molecule has 148 valence electrons. The van der Waals surface area contributed by atoms with Crippen molar-refractivity contribution in [3.8, 4) is 0 Å².